The van der Waals surface area contributed by atoms with Gasteiger partial charge in [0.1, 0.15) is 5.82 Å². The number of hydrogen-bond acceptors (Lipinski definition) is 6. The number of anilines is 3. The van der Waals surface area contributed by atoms with Gasteiger partial charge in [-0.15, -0.1) is 0 Å². The Kier molecular flexibility index (Phi) is 4.07. The van der Waals surface area contributed by atoms with Crippen molar-refractivity contribution in [2.24, 2.45) is 0 Å². The minimum atomic E-state index is 0.816. The third-order valence-corrected chi connectivity index (χ3v) is 4.01. The molecule has 3 aromatic rings. The van der Waals surface area contributed by atoms with Gasteiger partial charge in [0.05, 0.1) is 18.2 Å². The molecule has 0 aliphatic carbocycles. The van der Waals surface area contributed by atoms with Crippen molar-refractivity contribution in [2.45, 2.75) is 13.1 Å². The Balaban J connectivity index is 1.49. The summed E-state index contributed by atoms with van der Waals surface area (Å²) < 4.78 is 0. The minimum Gasteiger partial charge on any atom is -0.383 e. The Morgan fingerprint density at radius 3 is 3.04 bits per heavy atom. The Bertz CT molecular complexity index is 786. The van der Waals surface area contributed by atoms with Gasteiger partial charge in [-0.25, -0.2) is 9.97 Å². The van der Waals surface area contributed by atoms with Gasteiger partial charge in [0.2, 0.25) is 0 Å². The molecule has 0 atom stereocenters. The van der Waals surface area contributed by atoms with Gasteiger partial charge in [-0.1, -0.05) is 0 Å². The first-order chi connectivity index (χ1) is 11.9. The first kappa shape index (κ1) is 14.6. The number of rotatable bonds is 4. The largest absolute Gasteiger partial charge is 0.383 e. The number of aromatic amines is 1. The second-order valence-electron chi connectivity index (χ2n) is 5.81. The summed E-state index contributed by atoms with van der Waals surface area (Å²) in [5, 5.41) is 6.78. The molecular formula is C17H19N7. The molecule has 0 amide bonds. The second-order valence-corrected chi connectivity index (χ2v) is 5.81. The van der Waals surface area contributed by atoms with E-state index in [9.17, 15) is 0 Å². The van der Waals surface area contributed by atoms with Crippen LogP contribution in [0.15, 0.2) is 49.3 Å². The molecular weight excluding hydrogens is 302 g/mol. The Hall–Kier alpha value is -2.93. The molecule has 7 heteroatoms. The molecule has 1 aliphatic heterocycles. The highest BCUT2D eigenvalue weighted by Gasteiger charge is 2.15. The molecule has 122 valence electrons. The van der Waals surface area contributed by atoms with E-state index in [-0.39, 0.29) is 0 Å². The van der Waals surface area contributed by atoms with Crippen LogP contribution in [0.25, 0.3) is 0 Å². The van der Waals surface area contributed by atoms with Crippen molar-refractivity contribution in [3.8, 4) is 0 Å². The summed E-state index contributed by atoms with van der Waals surface area (Å²) in [6.45, 7) is 3.59. The Labute approximate surface area is 140 Å². The van der Waals surface area contributed by atoms with Crippen LogP contribution < -0.4 is 10.6 Å². The average molecular weight is 321 g/mol. The van der Waals surface area contributed by atoms with E-state index >= 15 is 0 Å². The van der Waals surface area contributed by atoms with Crippen LogP contribution >= 0.6 is 0 Å². The van der Waals surface area contributed by atoms with Crippen LogP contribution in [0.3, 0.4) is 0 Å². The first-order valence-electron chi connectivity index (χ1n) is 7.96. The predicted octanol–water partition coefficient (Wildman–Crippen LogP) is 2.37. The summed E-state index contributed by atoms with van der Waals surface area (Å²) in [6, 6.07) is 5.93. The minimum absolute atomic E-state index is 0.816. The van der Waals surface area contributed by atoms with E-state index in [4.69, 9.17) is 0 Å². The lowest BCUT2D eigenvalue weighted by molar-refractivity contribution is 0.269. The maximum Gasteiger partial charge on any atom is 0.132 e. The van der Waals surface area contributed by atoms with Gasteiger partial charge in [0, 0.05) is 67.8 Å². The fraction of sp³-hybridized carbons (Fsp3) is 0.235. The van der Waals surface area contributed by atoms with Crippen molar-refractivity contribution in [1.82, 2.24) is 24.8 Å². The van der Waals surface area contributed by atoms with Crippen LogP contribution in [0, 0.1) is 0 Å². The highest BCUT2D eigenvalue weighted by molar-refractivity contribution is 5.62. The molecule has 0 radical (unpaired) electrons. The lowest BCUT2D eigenvalue weighted by Crippen LogP contribution is -2.25. The van der Waals surface area contributed by atoms with Gasteiger partial charge < -0.3 is 15.6 Å². The number of fused-ring (bicyclic) bond motifs is 1. The Morgan fingerprint density at radius 1 is 1.21 bits per heavy atom. The van der Waals surface area contributed by atoms with Gasteiger partial charge in [-0.2, -0.15) is 0 Å². The number of hydrogen-bond donors (Lipinski definition) is 3. The normalized spacial score (nSPS) is 14.5. The van der Waals surface area contributed by atoms with Crippen LogP contribution in [0.1, 0.15) is 11.3 Å². The maximum absolute atomic E-state index is 4.53. The van der Waals surface area contributed by atoms with Crippen molar-refractivity contribution in [1.29, 1.82) is 0 Å². The van der Waals surface area contributed by atoms with Crippen molar-refractivity contribution in [3.63, 3.8) is 0 Å². The van der Waals surface area contributed by atoms with Crippen LogP contribution in [0.4, 0.5) is 17.2 Å². The lowest BCUT2D eigenvalue weighted by Gasteiger charge is -2.18. The number of nitrogens with zero attached hydrogens (tertiary/aromatic N) is 4. The predicted molar refractivity (Wildman–Crippen MR) is 92.9 cm³/mol. The molecule has 3 N–H and O–H groups in total. The molecule has 0 saturated carbocycles. The summed E-state index contributed by atoms with van der Waals surface area (Å²) in [4.78, 5) is 18.3. The quantitative estimate of drug-likeness (QED) is 0.684. The fourth-order valence-electron chi connectivity index (χ4n) is 2.84. The second kappa shape index (κ2) is 6.67. The van der Waals surface area contributed by atoms with Gasteiger partial charge in [0.15, 0.2) is 0 Å². The molecule has 0 spiro atoms. The van der Waals surface area contributed by atoms with E-state index in [0.717, 1.165) is 49.1 Å². The van der Waals surface area contributed by atoms with Gasteiger partial charge >= 0.3 is 0 Å². The molecule has 0 aromatic carbocycles. The average Bonchev–Trinajstić information content (AvgIpc) is 3.02. The fourth-order valence-corrected chi connectivity index (χ4v) is 2.84. The van der Waals surface area contributed by atoms with Crippen molar-refractivity contribution in [3.05, 3.63) is 60.6 Å². The van der Waals surface area contributed by atoms with Crippen LogP contribution in [0.5, 0.6) is 0 Å². The number of H-pyrrole nitrogens is 1. The van der Waals surface area contributed by atoms with Gasteiger partial charge in [0.25, 0.3) is 0 Å². The molecule has 3 aromatic heterocycles. The maximum atomic E-state index is 4.53. The van der Waals surface area contributed by atoms with E-state index in [1.807, 2.05) is 24.5 Å². The highest BCUT2D eigenvalue weighted by atomic mass is 15.2. The van der Waals surface area contributed by atoms with Crippen LogP contribution in [-0.2, 0) is 13.1 Å². The summed E-state index contributed by atoms with van der Waals surface area (Å²) in [5.74, 6) is 0.816. The summed E-state index contributed by atoms with van der Waals surface area (Å²) in [6.07, 6.45) is 9.07. The van der Waals surface area contributed by atoms with Crippen molar-refractivity contribution in [2.75, 3.05) is 23.7 Å². The summed E-state index contributed by atoms with van der Waals surface area (Å²) >= 11 is 0. The summed E-state index contributed by atoms with van der Waals surface area (Å²) in [5.41, 5.74) is 4.38. The van der Waals surface area contributed by atoms with Crippen LogP contribution in [-0.4, -0.2) is 37.9 Å². The van der Waals surface area contributed by atoms with Gasteiger partial charge in [-0.3, -0.25) is 9.88 Å². The molecule has 4 rings (SSSR count). The standard InChI is InChI=1S/C17H19N7/c1-2-14(8-18-3-1)23-17-6-16-13(7-21-17)10-24(5-4-20-16)11-15-9-19-12-22-15/h1-3,6-9,12,20H,4-5,10-11H2,(H,19,22)(H,21,23). The van der Waals surface area contributed by atoms with Crippen LogP contribution in [0.2, 0.25) is 0 Å². The third kappa shape index (κ3) is 3.36. The van der Waals surface area contributed by atoms with E-state index in [0.29, 0.717) is 0 Å². The zero-order chi connectivity index (χ0) is 16.2. The molecule has 1 aliphatic rings. The van der Waals surface area contributed by atoms with E-state index in [2.05, 4.69) is 41.5 Å². The topological polar surface area (TPSA) is 81.8 Å². The van der Waals surface area contributed by atoms with E-state index < -0.39 is 0 Å². The SMILES string of the molecule is c1cncc(Nc2cc3c(cn2)CN(Cc2cnc[nH]2)CCN3)c1. The molecule has 0 bridgehead atoms. The summed E-state index contributed by atoms with van der Waals surface area (Å²) in [7, 11) is 0. The molecule has 0 saturated heterocycles. The Morgan fingerprint density at radius 2 is 2.21 bits per heavy atom. The van der Waals surface area contributed by atoms with Gasteiger partial charge in [-0.05, 0) is 12.1 Å². The number of pyridine rings is 2. The van der Waals surface area contributed by atoms with Crippen molar-refractivity contribution >= 4 is 17.2 Å². The molecule has 7 nitrogen and oxygen atoms in total. The highest BCUT2D eigenvalue weighted by Crippen LogP contribution is 2.24. The van der Waals surface area contributed by atoms with Crippen molar-refractivity contribution < 1.29 is 0 Å². The molecule has 0 unspecified atom stereocenters. The molecule has 0 fully saturated rings. The number of aromatic nitrogens is 4. The molecule has 4 heterocycles. The smallest absolute Gasteiger partial charge is 0.132 e. The molecule has 24 heavy (non-hydrogen) atoms. The number of nitrogens with one attached hydrogen (secondary N) is 3. The monoisotopic (exact) mass is 321 g/mol. The number of imidazole rings is 1. The third-order valence-electron chi connectivity index (χ3n) is 4.01. The first-order valence-corrected chi connectivity index (χ1v) is 7.96. The van der Waals surface area contributed by atoms with E-state index in [1.54, 1.807) is 18.7 Å². The zero-order valence-electron chi connectivity index (χ0n) is 13.2. The lowest BCUT2D eigenvalue weighted by atomic mass is 10.2. The van der Waals surface area contributed by atoms with E-state index in [1.165, 1.54) is 5.56 Å². The zero-order valence-corrected chi connectivity index (χ0v) is 13.2.